The van der Waals surface area contributed by atoms with E-state index in [1.807, 2.05) is 12.1 Å². The summed E-state index contributed by atoms with van der Waals surface area (Å²) in [4.78, 5) is 2.28. The molecule has 3 heteroatoms. The fourth-order valence-corrected chi connectivity index (χ4v) is 2.62. The third-order valence-corrected chi connectivity index (χ3v) is 3.75. The molecule has 112 valence electrons. The van der Waals surface area contributed by atoms with E-state index in [-0.39, 0.29) is 6.04 Å². The van der Waals surface area contributed by atoms with Crippen LogP contribution in [0.15, 0.2) is 48.5 Å². The minimum Gasteiger partial charge on any atom is -0.497 e. The minimum atomic E-state index is 0.219. The first-order valence-corrected chi connectivity index (χ1v) is 7.24. The van der Waals surface area contributed by atoms with Gasteiger partial charge in [0.1, 0.15) is 5.75 Å². The second-order valence-electron chi connectivity index (χ2n) is 5.43. The molecule has 0 aliphatic carbocycles. The second-order valence-corrected chi connectivity index (χ2v) is 5.43. The molecule has 0 saturated heterocycles. The number of aryl methyl sites for hydroxylation is 1. The van der Waals surface area contributed by atoms with Crippen molar-refractivity contribution >= 4 is 0 Å². The lowest BCUT2D eigenvalue weighted by Gasteiger charge is -2.27. The van der Waals surface area contributed by atoms with Crippen molar-refractivity contribution < 1.29 is 4.74 Å². The molecule has 2 rings (SSSR count). The van der Waals surface area contributed by atoms with Crippen molar-refractivity contribution in [2.75, 3.05) is 20.7 Å². The first-order valence-electron chi connectivity index (χ1n) is 7.24. The molecule has 2 N–H and O–H groups in total. The quantitative estimate of drug-likeness (QED) is 0.885. The van der Waals surface area contributed by atoms with Crippen LogP contribution in [-0.4, -0.2) is 25.6 Å². The zero-order valence-electron chi connectivity index (χ0n) is 13.0. The standard InChI is InChI=1S/C18H24N2O/c1-14-6-4-8-16(10-14)18(12-19)20(2)13-15-7-5-9-17(11-15)21-3/h4-11,18H,12-13,19H2,1-3H3. The van der Waals surface area contributed by atoms with Gasteiger partial charge in [0.15, 0.2) is 0 Å². The molecule has 0 radical (unpaired) electrons. The van der Waals surface area contributed by atoms with E-state index in [9.17, 15) is 0 Å². The monoisotopic (exact) mass is 284 g/mol. The lowest BCUT2D eigenvalue weighted by molar-refractivity contribution is 0.241. The summed E-state index contributed by atoms with van der Waals surface area (Å²) in [5.41, 5.74) is 9.76. The van der Waals surface area contributed by atoms with E-state index in [4.69, 9.17) is 10.5 Å². The Morgan fingerprint density at radius 3 is 2.57 bits per heavy atom. The van der Waals surface area contributed by atoms with Crippen molar-refractivity contribution in [1.29, 1.82) is 0 Å². The number of rotatable bonds is 6. The minimum absolute atomic E-state index is 0.219. The molecule has 21 heavy (non-hydrogen) atoms. The number of hydrogen-bond acceptors (Lipinski definition) is 3. The lowest BCUT2D eigenvalue weighted by atomic mass is 10.0. The van der Waals surface area contributed by atoms with E-state index in [0.717, 1.165) is 12.3 Å². The predicted octanol–water partition coefficient (Wildman–Crippen LogP) is 3.14. The number of benzene rings is 2. The fraction of sp³-hybridized carbons (Fsp3) is 0.333. The van der Waals surface area contributed by atoms with Crippen LogP contribution in [0.5, 0.6) is 5.75 Å². The van der Waals surface area contributed by atoms with Gasteiger partial charge in [0.2, 0.25) is 0 Å². The molecule has 0 amide bonds. The third-order valence-electron chi connectivity index (χ3n) is 3.75. The van der Waals surface area contributed by atoms with Gasteiger partial charge in [-0.1, -0.05) is 42.0 Å². The van der Waals surface area contributed by atoms with Crippen LogP contribution >= 0.6 is 0 Å². The summed E-state index contributed by atoms with van der Waals surface area (Å²) in [5, 5.41) is 0. The van der Waals surface area contributed by atoms with Gasteiger partial charge in [0.05, 0.1) is 7.11 Å². The normalized spacial score (nSPS) is 12.4. The van der Waals surface area contributed by atoms with Crippen LogP contribution in [0.4, 0.5) is 0 Å². The summed E-state index contributed by atoms with van der Waals surface area (Å²) in [6, 6.07) is 16.9. The van der Waals surface area contributed by atoms with Gasteiger partial charge in [-0.15, -0.1) is 0 Å². The topological polar surface area (TPSA) is 38.5 Å². The summed E-state index contributed by atoms with van der Waals surface area (Å²) >= 11 is 0. The lowest BCUT2D eigenvalue weighted by Crippen LogP contribution is -2.30. The largest absolute Gasteiger partial charge is 0.497 e. The number of methoxy groups -OCH3 is 1. The molecule has 0 saturated carbocycles. The van der Waals surface area contributed by atoms with Crippen LogP contribution in [0.1, 0.15) is 22.7 Å². The second kappa shape index (κ2) is 7.25. The maximum Gasteiger partial charge on any atom is 0.119 e. The molecule has 1 unspecified atom stereocenters. The number of ether oxygens (including phenoxy) is 1. The highest BCUT2D eigenvalue weighted by Gasteiger charge is 2.15. The van der Waals surface area contributed by atoms with Gasteiger partial charge in [0, 0.05) is 19.1 Å². The number of hydrogen-bond donors (Lipinski definition) is 1. The Hall–Kier alpha value is -1.84. The summed E-state index contributed by atoms with van der Waals surface area (Å²) in [6.45, 7) is 3.55. The van der Waals surface area contributed by atoms with E-state index >= 15 is 0 Å². The van der Waals surface area contributed by atoms with Crippen LogP contribution in [0.25, 0.3) is 0 Å². The third kappa shape index (κ3) is 4.06. The first kappa shape index (κ1) is 15.5. The van der Waals surface area contributed by atoms with Crippen molar-refractivity contribution in [3.8, 4) is 5.75 Å². The fourth-order valence-electron chi connectivity index (χ4n) is 2.62. The van der Waals surface area contributed by atoms with Gasteiger partial charge in [0.25, 0.3) is 0 Å². The molecular weight excluding hydrogens is 260 g/mol. The highest BCUT2D eigenvalue weighted by Crippen LogP contribution is 2.22. The molecule has 0 aromatic heterocycles. The van der Waals surface area contributed by atoms with Crippen molar-refractivity contribution in [2.24, 2.45) is 5.73 Å². The number of likely N-dealkylation sites (N-methyl/N-ethyl adjacent to an activating group) is 1. The van der Waals surface area contributed by atoms with Gasteiger partial charge in [-0.3, -0.25) is 4.90 Å². The smallest absolute Gasteiger partial charge is 0.119 e. The first-order chi connectivity index (χ1) is 10.1. The van der Waals surface area contributed by atoms with E-state index in [0.29, 0.717) is 6.54 Å². The van der Waals surface area contributed by atoms with Crippen molar-refractivity contribution in [3.05, 3.63) is 65.2 Å². The summed E-state index contributed by atoms with van der Waals surface area (Å²) in [5.74, 6) is 0.890. The van der Waals surface area contributed by atoms with Crippen molar-refractivity contribution in [2.45, 2.75) is 19.5 Å². The molecule has 1 atom stereocenters. The maximum absolute atomic E-state index is 6.00. The van der Waals surface area contributed by atoms with Gasteiger partial charge in [-0.05, 0) is 37.2 Å². The molecule has 0 fully saturated rings. The molecular formula is C18H24N2O. The predicted molar refractivity (Wildman–Crippen MR) is 87.4 cm³/mol. The average molecular weight is 284 g/mol. The highest BCUT2D eigenvalue weighted by molar-refractivity contribution is 5.29. The summed E-state index contributed by atoms with van der Waals surface area (Å²) in [6.07, 6.45) is 0. The van der Waals surface area contributed by atoms with Crippen LogP contribution in [0.3, 0.4) is 0 Å². The van der Waals surface area contributed by atoms with Crippen LogP contribution < -0.4 is 10.5 Å². The summed E-state index contributed by atoms with van der Waals surface area (Å²) < 4.78 is 5.28. The zero-order valence-corrected chi connectivity index (χ0v) is 13.0. The van der Waals surface area contributed by atoms with E-state index in [2.05, 4.69) is 55.3 Å². The average Bonchev–Trinajstić information content (AvgIpc) is 2.48. The number of nitrogens with two attached hydrogens (primary N) is 1. The van der Waals surface area contributed by atoms with E-state index in [1.54, 1.807) is 7.11 Å². The Morgan fingerprint density at radius 2 is 1.90 bits per heavy atom. The molecule has 0 spiro atoms. The SMILES string of the molecule is COc1cccc(CN(C)C(CN)c2cccc(C)c2)c1. The van der Waals surface area contributed by atoms with Gasteiger partial charge < -0.3 is 10.5 Å². The molecule has 0 aliphatic rings. The van der Waals surface area contributed by atoms with Crippen molar-refractivity contribution in [1.82, 2.24) is 4.90 Å². The van der Waals surface area contributed by atoms with E-state index < -0.39 is 0 Å². The zero-order chi connectivity index (χ0) is 15.2. The molecule has 2 aromatic rings. The Labute approximate surface area is 127 Å². The van der Waals surface area contributed by atoms with Gasteiger partial charge in [-0.25, -0.2) is 0 Å². The molecule has 0 heterocycles. The van der Waals surface area contributed by atoms with Crippen molar-refractivity contribution in [3.63, 3.8) is 0 Å². The Balaban J connectivity index is 2.14. The maximum atomic E-state index is 6.00. The van der Waals surface area contributed by atoms with Gasteiger partial charge >= 0.3 is 0 Å². The van der Waals surface area contributed by atoms with Crippen LogP contribution in [0, 0.1) is 6.92 Å². The summed E-state index contributed by atoms with van der Waals surface area (Å²) in [7, 11) is 3.80. The molecule has 0 bridgehead atoms. The van der Waals surface area contributed by atoms with E-state index in [1.165, 1.54) is 16.7 Å². The highest BCUT2D eigenvalue weighted by atomic mass is 16.5. The molecule has 2 aromatic carbocycles. The van der Waals surface area contributed by atoms with Gasteiger partial charge in [-0.2, -0.15) is 0 Å². The molecule has 3 nitrogen and oxygen atoms in total. The molecule has 0 aliphatic heterocycles. The van der Waals surface area contributed by atoms with Crippen LogP contribution in [0.2, 0.25) is 0 Å². The Bertz CT molecular complexity index is 583. The Morgan fingerprint density at radius 1 is 1.14 bits per heavy atom. The van der Waals surface area contributed by atoms with Crippen LogP contribution in [-0.2, 0) is 6.54 Å². The number of nitrogens with zero attached hydrogens (tertiary/aromatic N) is 1. The Kier molecular flexibility index (Phi) is 5.37.